The summed E-state index contributed by atoms with van der Waals surface area (Å²) < 4.78 is 11.1. The van der Waals surface area contributed by atoms with Gasteiger partial charge < -0.3 is 9.47 Å². The average Bonchev–Trinajstić information content (AvgIpc) is 3.03. The molecule has 0 atom stereocenters. The minimum Gasteiger partial charge on any atom is -0.493 e. The minimum absolute atomic E-state index is 0.0796. The number of pyridine rings is 1. The second kappa shape index (κ2) is 9.40. The van der Waals surface area contributed by atoms with Gasteiger partial charge in [-0.1, -0.05) is 6.07 Å². The van der Waals surface area contributed by atoms with E-state index in [1.54, 1.807) is 29.2 Å². The summed E-state index contributed by atoms with van der Waals surface area (Å²) in [5.74, 6) is 0.958. The molecule has 30 heavy (non-hydrogen) atoms. The third-order valence-corrected chi connectivity index (χ3v) is 5.17. The molecule has 0 bridgehead atoms. The summed E-state index contributed by atoms with van der Waals surface area (Å²) in [6, 6.07) is 7.94. The van der Waals surface area contributed by atoms with Crippen LogP contribution in [0.4, 0.5) is 5.69 Å². The number of hydrogen-bond acceptors (Lipinski definition) is 8. The molecule has 1 saturated heterocycles. The van der Waals surface area contributed by atoms with Gasteiger partial charge in [-0.05, 0) is 49.4 Å². The molecule has 1 aliphatic heterocycles. The van der Waals surface area contributed by atoms with Crippen molar-refractivity contribution in [1.82, 2.24) is 9.88 Å². The Morgan fingerprint density at radius 3 is 2.67 bits per heavy atom. The zero-order valence-electron chi connectivity index (χ0n) is 16.7. The van der Waals surface area contributed by atoms with Gasteiger partial charge in [0.05, 0.1) is 16.9 Å². The molecule has 1 fully saturated rings. The number of thioether (sulfide) groups is 1. The standard InChI is InChI=1S/C20H20N4O5S/c1-4-21-20-23(5-2)19(25)17(30-20)11-13-6-8-15(16(10-13)28-3)29-18-9-7-14(12-22-18)24(26)27/h6-12H,4-5H2,1-3H3/b17-11+,21-20?. The first kappa shape index (κ1) is 21.3. The van der Waals surface area contributed by atoms with E-state index in [0.29, 0.717) is 34.7 Å². The number of hydrogen-bond donors (Lipinski definition) is 0. The van der Waals surface area contributed by atoms with Gasteiger partial charge in [-0.15, -0.1) is 0 Å². The molecule has 10 heteroatoms. The van der Waals surface area contributed by atoms with E-state index >= 15 is 0 Å². The van der Waals surface area contributed by atoms with Crippen LogP contribution in [-0.4, -0.2) is 46.1 Å². The zero-order chi connectivity index (χ0) is 21.7. The Kier molecular flexibility index (Phi) is 6.68. The fourth-order valence-electron chi connectivity index (χ4n) is 2.70. The van der Waals surface area contributed by atoms with Crippen LogP contribution < -0.4 is 9.47 Å². The Morgan fingerprint density at radius 2 is 2.07 bits per heavy atom. The number of aromatic nitrogens is 1. The van der Waals surface area contributed by atoms with E-state index in [1.807, 2.05) is 13.8 Å². The summed E-state index contributed by atoms with van der Waals surface area (Å²) in [7, 11) is 1.50. The number of carbonyl (C=O) groups excluding carboxylic acids is 1. The Hall–Kier alpha value is -3.40. The van der Waals surface area contributed by atoms with E-state index in [-0.39, 0.29) is 17.5 Å². The van der Waals surface area contributed by atoms with Gasteiger partial charge in [-0.2, -0.15) is 0 Å². The lowest BCUT2D eigenvalue weighted by Crippen LogP contribution is -2.28. The molecule has 9 nitrogen and oxygen atoms in total. The fourth-order valence-corrected chi connectivity index (χ4v) is 3.81. The van der Waals surface area contributed by atoms with E-state index in [2.05, 4.69) is 9.98 Å². The summed E-state index contributed by atoms with van der Waals surface area (Å²) in [6.07, 6.45) is 2.91. The summed E-state index contributed by atoms with van der Waals surface area (Å²) in [4.78, 5) is 33.4. The number of benzene rings is 1. The Labute approximate surface area is 177 Å². The van der Waals surface area contributed by atoms with Crippen molar-refractivity contribution in [3.05, 3.63) is 57.1 Å². The van der Waals surface area contributed by atoms with Gasteiger partial charge in [0, 0.05) is 25.2 Å². The van der Waals surface area contributed by atoms with E-state index < -0.39 is 4.92 Å². The van der Waals surface area contributed by atoms with Crippen LogP contribution in [0.2, 0.25) is 0 Å². The average molecular weight is 428 g/mol. The van der Waals surface area contributed by atoms with Crippen LogP contribution in [0.1, 0.15) is 19.4 Å². The van der Waals surface area contributed by atoms with Gasteiger partial charge >= 0.3 is 0 Å². The third kappa shape index (κ3) is 4.60. The predicted molar refractivity (Wildman–Crippen MR) is 115 cm³/mol. The number of aliphatic imine (C=N–C) groups is 1. The second-order valence-corrected chi connectivity index (χ2v) is 7.05. The van der Waals surface area contributed by atoms with Crippen LogP contribution in [0.5, 0.6) is 17.4 Å². The number of nitrogens with zero attached hydrogens (tertiary/aromatic N) is 4. The third-order valence-electron chi connectivity index (χ3n) is 4.13. The molecular weight excluding hydrogens is 408 g/mol. The second-order valence-electron chi connectivity index (χ2n) is 6.04. The predicted octanol–water partition coefficient (Wildman–Crippen LogP) is 4.10. The van der Waals surface area contributed by atoms with Crippen molar-refractivity contribution < 1.29 is 19.2 Å². The molecule has 0 unspecified atom stereocenters. The van der Waals surface area contributed by atoms with Crippen molar-refractivity contribution >= 4 is 34.6 Å². The summed E-state index contributed by atoms with van der Waals surface area (Å²) in [6.45, 7) is 5.00. The molecular formula is C20H20N4O5S. The molecule has 1 aromatic heterocycles. The maximum atomic E-state index is 12.6. The number of rotatable bonds is 7. The van der Waals surface area contributed by atoms with Gasteiger partial charge in [0.25, 0.3) is 11.6 Å². The molecule has 0 saturated carbocycles. The van der Waals surface area contributed by atoms with Crippen LogP contribution in [0.3, 0.4) is 0 Å². The number of methoxy groups -OCH3 is 1. The summed E-state index contributed by atoms with van der Waals surface area (Å²) in [5.41, 5.74) is 0.641. The van der Waals surface area contributed by atoms with Crippen LogP contribution in [-0.2, 0) is 4.79 Å². The molecule has 2 heterocycles. The molecule has 156 valence electrons. The maximum absolute atomic E-state index is 12.6. The van der Waals surface area contributed by atoms with Crippen LogP contribution >= 0.6 is 11.8 Å². The lowest BCUT2D eigenvalue weighted by Gasteiger charge is -2.11. The van der Waals surface area contributed by atoms with Gasteiger partial charge in [-0.25, -0.2) is 4.98 Å². The zero-order valence-corrected chi connectivity index (χ0v) is 17.5. The molecule has 0 aliphatic carbocycles. The lowest BCUT2D eigenvalue weighted by atomic mass is 10.2. The number of likely N-dealkylation sites (N-methyl/N-ethyl adjacent to an activating group) is 1. The molecule has 0 N–H and O–H groups in total. The molecule has 1 aromatic carbocycles. The first-order valence-corrected chi connectivity index (χ1v) is 10.0. The quantitative estimate of drug-likeness (QED) is 0.371. The van der Waals surface area contributed by atoms with E-state index in [4.69, 9.17) is 9.47 Å². The van der Waals surface area contributed by atoms with Crippen LogP contribution in [0, 0.1) is 10.1 Å². The maximum Gasteiger partial charge on any atom is 0.287 e. The Bertz CT molecular complexity index is 1020. The first-order valence-electron chi connectivity index (χ1n) is 9.19. The number of nitro groups is 1. The van der Waals surface area contributed by atoms with Crippen LogP contribution in [0.15, 0.2) is 46.4 Å². The SMILES string of the molecule is CCN=C1S/C(=C/c2ccc(Oc3ccc([N+](=O)[O-])cn3)c(OC)c2)C(=O)N1CC. The largest absolute Gasteiger partial charge is 0.493 e. The van der Waals surface area contributed by atoms with Crippen molar-refractivity contribution in [3.63, 3.8) is 0 Å². The van der Waals surface area contributed by atoms with Gasteiger partial charge in [0.1, 0.15) is 6.20 Å². The highest BCUT2D eigenvalue weighted by Crippen LogP contribution is 2.36. The van der Waals surface area contributed by atoms with Gasteiger partial charge in [0.15, 0.2) is 16.7 Å². The normalized spacial score (nSPS) is 16.4. The Morgan fingerprint density at radius 1 is 1.27 bits per heavy atom. The molecule has 3 rings (SSSR count). The van der Waals surface area contributed by atoms with E-state index in [1.165, 1.54) is 31.0 Å². The highest BCUT2D eigenvalue weighted by atomic mass is 32.2. The highest BCUT2D eigenvalue weighted by Gasteiger charge is 2.31. The van der Waals surface area contributed by atoms with Crippen molar-refractivity contribution in [2.24, 2.45) is 4.99 Å². The number of amidine groups is 1. The van der Waals surface area contributed by atoms with E-state index in [9.17, 15) is 14.9 Å². The summed E-state index contributed by atoms with van der Waals surface area (Å²) in [5, 5.41) is 11.4. The van der Waals surface area contributed by atoms with Crippen molar-refractivity contribution in [2.75, 3.05) is 20.2 Å². The number of ether oxygens (including phenoxy) is 2. The van der Waals surface area contributed by atoms with Crippen molar-refractivity contribution in [1.29, 1.82) is 0 Å². The fraction of sp³-hybridized carbons (Fsp3) is 0.250. The van der Waals surface area contributed by atoms with E-state index in [0.717, 1.165) is 11.8 Å². The number of amides is 1. The topological polar surface area (TPSA) is 107 Å². The van der Waals surface area contributed by atoms with Gasteiger partial charge in [0.2, 0.25) is 5.88 Å². The molecule has 1 aliphatic rings. The summed E-state index contributed by atoms with van der Waals surface area (Å²) >= 11 is 1.35. The molecule has 1 amide bonds. The molecule has 0 spiro atoms. The smallest absolute Gasteiger partial charge is 0.287 e. The van der Waals surface area contributed by atoms with Crippen molar-refractivity contribution in [3.8, 4) is 17.4 Å². The lowest BCUT2D eigenvalue weighted by molar-refractivity contribution is -0.385. The Balaban J connectivity index is 1.83. The monoisotopic (exact) mass is 428 g/mol. The highest BCUT2D eigenvalue weighted by molar-refractivity contribution is 8.18. The van der Waals surface area contributed by atoms with Crippen LogP contribution in [0.25, 0.3) is 6.08 Å². The van der Waals surface area contributed by atoms with Gasteiger partial charge in [-0.3, -0.25) is 24.8 Å². The van der Waals surface area contributed by atoms with Crippen molar-refractivity contribution in [2.45, 2.75) is 13.8 Å². The number of carbonyl (C=O) groups is 1. The first-order chi connectivity index (χ1) is 14.5. The molecule has 2 aromatic rings. The minimum atomic E-state index is -0.529. The molecule has 0 radical (unpaired) electrons.